The van der Waals surface area contributed by atoms with Gasteiger partial charge in [0.1, 0.15) is 0 Å². The van der Waals surface area contributed by atoms with Gasteiger partial charge in [-0.05, 0) is 40.5 Å². The van der Waals surface area contributed by atoms with Crippen molar-refractivity contribution in [3.63, 3.8) is 0 Å². The molecule has 1 fully saturated rings. The van der Waals surface area contributed by atoms with Gasteiger partial charge in [0.25, 0.3) is 0 Å². The third-order valence-electron chi connectivity index (χ3n) is 3.27. The third kappa shape index (κ3) is 7.05. The predicted octanol–water partition coefficient (Wildman–Crippen LogP) is 2.84. The van der Waals surface area contributed by atoms with Crippen molar-refractivity contribution in [2.45, 2.75) is 84.7 Å². The Morgan fingerprint density at radius 1 is 1.00 bits per heavy atom. The largest absolute Gasteiger partial charge is 0.487 e. The molecule has 1 rings (SSSR count). The van der Waals surface area contributed by atoms with Crippen LogP contribution < -0.4 is 0 Å². The van der Waals surface area contributed by atoms with Crippen molar-refractivity contribution in [2.75, 3.05) is 0 Å². The molecule has 24 heavy (non-hydrogen) atoms. The molecule has 0 amide bonds. The number of rotatable bonds is 9. The zero-order valence-electron chi connectivity index (χ0n) is 15.3. The first-order chi connectivity index (χ1) is 11.3. The first kappa shape index (κ1) is 20.7. The van der Waals surface area contributed by atoms with E-state index in [0.717, 1.165) is 25.7 Å². The zero-order valence-corrected chi connectivity index (χ0v) is 15.3. The quantitative estimate of drug-likeness (QED) is 0.365. The summed E-state index contributed by atoms with van der Waals surface area (Å²) in [4.78, 5) is 24.3. The average Bonchev–Trinajstić information content (AvgIpc) is 2.90. The van der Waals surface area contributed by atoms with Crippen LogP contribution in [0.3, 0.4) is 0 Å². The Kier molecular flexibility index (Phi) is 9.07. The van der Waals surface area contributed by atoms with E-state index in [2.05, 4.69) is 6.92 Å². The fourth-order valence-electron chi connectivity index (χ4n) is 2.23. The van der Waals surface area contributed by atoms with Crippen molar-refractivity contribution >= 4 is 19.1 Å². The highest BCUT2D eigenvalue weighted by atomic mass is 16.7. The fourth-order valence-corrected chi connectivity index (χ4v) is 2.23. The van der Waals surface area contributed by atoms with Gasteiger partial charge in [-0.2, -0.15) is 0 Å². The minimum Gasteiger partial charge on any atom is -0.461 e. The summed E-state index contributed by atoms with van der Waals surface area (Å²) in [7, 11) is -0.749. The van der Waals surface area contributed by atoms with Crippen LogP contribution in [-0.2, 0) is 28.4 Å². The molecule has 2 atom stereocenters. The number of hydrogen-bond donors (Lipinski definition) is 0. The smallest absolute Gasteiger partial charge is 0.461 e. The first-order valence-electron chi connectivity index (χ1n) is 8.73. The molecule has 0 unspecified atom stereocenters. The van der Waals surface area contributed by atoms with Crippen molar-refractivity contribution in [1.29, 1.82) is 0 Å². The van der Waals surface area contributed by atoms with Gasteiger partial charge in [-0.1, -0.05) is 31.8 Å². The van der Waals surface area contributed by atoms with Gasteiger partial charge in [0.15, 0.2) is 12.2 Å². The summed E-state index contributed by atoms with van der Waals surface area (Å²) in [6, 6.07) is 0. The molecule has 0 aromatic rings. The Morgan fingerprint density at radius 3 is 1.92 bits per heavy atom. The van der Waals surface area contributed by atoms with E-state index >= 15 is 0 Å². The topological polar surface area (TPSA) is 71.1 Å². The van der Waals surface area contributed by atoms with Gasteiger partial charge in [-0.3, -0.25) is 0 Å². The molecule has 1 aliphatic rings. The number of unbranched alkanes of at least 4 members (excludes halogenated alkanes) is 3. The van der Waals surface area contributed by atoms with Crippen LogP contribution in [0.15, 0.2) is 12.1 Å². The molecule has 1 heterocycles. The van der Waals surface area contributed by atoms with Crippen molar-refractivity contribution < 1.29 is 28.4 Å². The number of esters is 2. The molecular formula is C17H29BO6. The second kappa shape index (κ2) is 10.5. The van der Waals surface area contributed by atoms with E-state index < -0.39 is 31.3 Å². The summed E-state index contributed by atoms with van der Waals surface area (Å²) < 4.78 is 21.4. The van der Waals surface area contributed by atoms with E-state index in [1.165, 1.54) is 0 Å². The lowest BCUT2D eigenvalue weighted by Gasteiger charge is -2.18. The molecule has 0 aliphatic carbocycles. The van der Waals surface area contributed by atoms with E-state index in [9.17, 15) is 9.59 Å². The summed E-state index contributed by atoms with van der Waals surface area (Å²) in [5, 5.41) is 0. The predicted molar refractivity (Wildman–Crippen MR) is 91.2 cm³/mol. The van der Waals surface area contributed by atoms with Crippen LogP contribution in [0.5, 0.6) is 0 Å². The second-order valence-corrected chi connectivity index (χ2v) is 6.38. The summed E-state index contributed by atoms with van der Waals surface area (Å²) in [6.07, 6.45) is 3.42. The maximum absolute atomic E-state index is 12.2. The van der Waals surface area contributed by atoms with Gasteiger partial charge >= 0.3 is 19.1 Å². The van der Waals surface area contributed by atoms with Crippen LogP contribution in [-0.4, -0.2) is 43.5 Å². The van der Waals surface area contributed by atoms with E-state index in [0.29, 0.717) is 0 Å². The average molecular weight is 340 g/mol. The maximum atomic E-state index is 12.2. The molecular weight excluding hydrogens is 311 g/mol. The monoisotopic (exact) mass is 340 g/mol. The maximum Gasteiger partial charge on any atom is 0.487 e. The minimum atomic E-state index is -1.11. The lowest BCUT2D eigenvalue weighted by Crippen LogP contribution is -2.40. The molecule has 0 saturated carbocycles. The number of hydrogen-bond acceptors (Lipinski definition) is 6. The number of carbonyl (C=O) groups excluding carboxylic acids is 2. The van der Waals surface area contributed by atoms with Crippen LogP contribution in [0.25, 0.3) is 0 Å². The van der Waals surface area contributed by atoms with Crippen molar-refractivity contribution in [1.82, 2.24) is 0 Å². The molecule has 0 spiro atoms. The molecule has 0 aromatic carbocycles. The van der Waals surface area contributed by atoms with Gasteiger partial charge in [0.2, 0.25) is 0 Å². The molecule has 1 aliphatic heterocycles. The van der Waals surface area contributed by atoms with E-state index in [1.807, 2.05) is 6.08 Å². The fraction of sp³-hybridized carbons (Fsp3) is 0.765. The van der Waals surface area contributed by atoms with Crippen molar-refractivity contribution in [3.8, 4) is 0 Å². The van der Waals surface area contributed by atoms with Gasteiger partial charge in [0, 0.05) is 0 Å². The second-order valence-electron chi connectivity index (χ2n) is 6.38. The Balaban J connectivity index is 2.70. The van der Waals surface area contributed by atoms with Gasteiger partial charge in [-0.25, -0.2) is 9.59 Å². The number of ether oxygens (including phenoxy) is 2. The standard InChI is InChI=1S/C17H29BO6/c1-6-7-8-9-10-11-18-23-14(16(19)21-12(2)3)15(24-18)17(20)22-13(4)5/h10-15H,6-9H2,1-5H3/b11-10+/t14-,15-/m1/s1. The molecule has 7 heteroatoms. The molecule has 0 bridgehead atoms. The Hall–Kier alpha value is -1.34. The van der Waals surface area contributed by atoms with Crippen LogP contribution >= 0.6 is 0 Å². The summed E-state index contributed by atoms with van der Waals surface area (Å²) in [5.74, 6) is 0.503. The number of carbonyl (C=O) groups is 2. The zero-order chi connectivity index (χ0) is 18.1. The Labute approximate surface area is 145 Å². The summed E-state index contributed by atoms with van der Waals surface area (Å²) >= 11 is 0. The molecule has 0 N–H and O–H groups in total. The lowest BCUT2D eigenvalue weighted by molar-refractivity contribution is -0.167. The SMILES string of the molecule is CCCCC/C=C/B1O[C@@H](C(=O)OC(C)C)[C@H](C(=O)OC(C)C)O1. The minimum absolute atomic E-state index is 0.300. The van der Waals surface area contributed by atoms with Crippen LogP contribution in [0.2, 0.25) is 0 Å². The highest BCUT2D eigenvalue weighted by Gasteiger charge is 2.48. The van der Waals surface area contributed by atoms with Crippen molar-refractivity contribution in [3.05, 3.63) is 12.1 Å². The Morgan fingerprint density at radius 2 is 1.50 bits per heavy atom. The Bertz CT molecular complexity index is 405. The third-order valence-corrected chi connectivity index (χ3v) is 3.27. The van der Waals surface area contributed by atoms with Crippen molar-refractivity contribution in [2.24, 2.45) is 0 Å². The molecule has 1 saturated heterocycles. The van der Waals surface area contributed by atoms with Gasteiger partial charge in [-0.15, -0.1) is 0 Å². The highest BCUT2D eigenvalue weighted by molar-refractivity contribution is 6.52. The van der Waals surface area contributed by atoms with Crippen LogP contribution in [0.4, 0.5) is 0 Å². The van der Waals surface area contributed by atoms with Gasteiger partial charge < -0.3 is 18.8 Å². The van der Waals surface area contributed by atoms with Crippen LogP contribution in [0, 0.1) is 0 Å². The first-order valence-corrected chi connectivity index (χ1v) is 8.73. The molecule has 6 nitrogen and oxygen atoms in total. The lowest BCUT2D eigenvalue weighted by atomic mass is 9.90. The normalized spacial score (nSPS) is 21.0. The molecule has 0 aromatic heterocycles. The molecule has 0 radical (unpaired) electrons. The van der Waals surface area contributed by atoms with E-state index in [1.54, 1.807) is 33.7 Å². The van der Waals surface area contributed by atoms with Crippen LogP contribution in [0.1, 0.15) is 60.3 Å². The number of allylic oxidation sites excluding steroid dienone is 1. The summed E-state index contributed by atoms with van der Waals surface area (Å²) in [6.45, 7) is 9.09. The van der Waals surface area contributed by atoms with E-state index in [4.69, 9.17) is 18.8 Å². The highest BCUT2D eigenvalue weighted by Crippen LogP contribution is 2.21. The molecule has 136 valence electrons. The summed E-state index contributed by atoms with van der Waals surface area (Å²) in [5.41, 5.74) is 0. The van der Waals surface area contributed by atoms with Gasteiger partial charge in [0.05, 0.1) is 12.2 Å². The van der Waals surface area contributed by atoms with E-state index in [-0.39, 0.29) is 12.2 Å².